The highest BCUT2D eigenvalue weighted by molar-refractivity contribution is 7.89. The van der Waals surface area contributed by atoms with E-state index in [9.17, 15) is 18.3 Å². The highest BCUT2D eigenvalue weighted by atomic mass is 32.2. The molecule has 0 bridgehead atoms. The van der Waals surface area contributed by atoms with E-state index < -0.39 is 15.6 Å². The number of nitrogens with one attached hydrogen (secondary N) is 1. The number of aromatic nitrogens is 1. The number of amides is 1. The fourth-order valence-electron chi connectivity index (χ4n) is 2.60. The van der Waals surface area contributed by atoms with E-state index in [0.717, 1.165) is 0 Å². The molecule has 1 aromatic heterocycles. The zero-order valence-corrected chi connectivity index (χ0v) is 13.3. The highest BCUT2D eigenvalue weighted by Gasteiger charge is 2.38. The lowest BCUT2D eigenvalue weighted by molar-refractivity contribution is -0.122. The van der Waals surface area contributed by atoms with Gasteiger partial charge in [-0.2, -0.15) is 4.31 Å². The second-order valence-electron chi connectivity index (χ2n) is 5.53. The van der Waals surface area contributed by atoms with E-state index in [-0.39, 0.29) is 30.2 Å². The molecule has 0 aromatic carbocycles. The van der Waals surface area contributed by atoms with Gasteiger partial charge >= 0.3 is 0 Å². The number of rotatable bonds is 5. The minimum absolute atomic E-state index is 0.00121. The van der Waals surface area contributed by atoms with Gasteiger partial charge in [-0.3, -0.25) is 9.78 Å². The predicted molar refractivity (Wildman–Crippen MR) is 80.5 cm³/mol. The third kappa shape index (κ3) is 3.82. The van der Waals surface area contributed by atoms with Crippen LogP contribution in [0.15, 0.2) is 29.4 Å². The van der Waals surface area contributed by atoms with Crippen molar-refractivity contribution in [1.29, 1.82) is 0 Å². The van der Waals surface area contributed by atoms with E-state index in [1.165, 1.54) is 29.8 Å². The molecule has 1 atom stereocenters. The summed E-state index contributed by atoms with van der Waals surface area (Å²) < 4.78 is 26.4. The van der Waals surface area contributed by atoms with Gasteiger partial charge in [0.25, 0.3) is 0 Å². The monoisotopic (exact) mass is 327 g/mol. The minimum atomic E-state index is -3.67. The Balaban J connectivity index is 2.11. The normalized spacial score (nSPS) is 23.2. The number of hydrogen-bond acceptors (Lipinski definition) is 5. The number of β-amino-alcohol motifs (C(OH)–C–C–N with tert-alkyl or cyclic N) is 1. The van der Waals surface area contributed by atoms with E-state index in [0.29, 0.717) is 19.4 Å². The summed E-state index contributed by atoms with van der Waals surface area (Å²) in [5.41, 5.74) is -1.17. The molecule has 8 heteroatoms. The first-order valence-corrected chi connectivity index (χ1v) is 8.64. The molecule has 0 aliphatic carbocycles. The van der Waals surface area contributed by atoms with Crippen molar-refractivity contribution in [2.24, 2.45) is 0 Å². The van der Waals surface area contributed by atoms with Crippen molar-refractivity contribution < 1.29 is 18.3 Å². The van der Waals surface area contributed by atoms with E-state index in [4.69, 9.17) is 0 Å². The summed E-state index contributed by atoms with van der Waals surface area (Å²) in [7, 11) is -2.13. The van der Waals surface area contributed by atoms with Crippen LogP contribution in [0.1, 0.15) is 25.7 Å². The Bertz CT molecular complexity index is 620. The topological polar surface area (TPSA) is 99.6 Å². The summed E-state index contributed by atoms with van der Waals surface area (Å²) in [6.45, 7) is 0.362. The van der Waals surface area contributed by atoms with Crippen LogP contribution in [-0.4, -0.2) is 54.5 Å². The van der Waals surface area contributed by atoms with Crippen LogP contribution < -0.4 is 5.32 Å². The van der Waals surface area contributed by atoms with Crippen LogP contribution in [0.2, 0.25) is 0 Å². The molecular formula is C14H21N3O4S. The van der Waals surface area contributed by atoms with Crippen LogP contribution in [-0.2, 0) is 14.8 Å². The SMILES string of the molecule is CNC(=O)CC[C@@]1(O)CCCN(S(=O)(=O)c2cccnc2)C1. The van der Waals surface area contributed by atoms with Gasteiger partial charge in [0.1, 0.15) is 4.90 Å². The van der Waals surface area contributed by atoms with Crippen molar-refractivity contribution in [3.63, 3.8) is 0 Å². The molecule has 2 rings (SSSR count). The van der Waals surface area contributed by atoms with Gasteiger partial charge in [-0.05, 0) is 31.4 Å². The van der Waals surface area contributed by atoms with Crippen LogP contribution in [0.3, 0.4) is 0 Å². The maximum Gasteiger partial charge on any atom is 0.244 e. The molecule has 122 valence electrons. The Morgan fingerprint density at radius 1 is 1.55 bits per heavy atom. The van der Waals surface area contributed by atoms with Crippen LogP contribution in [0.4, 0.5) is 0 Å². The fourth-order valence-corrected chi connectivity index (χ4v) is 4.12. The van der Waals surface area contributed by atoms with Crippen LogP contribution in [0.5, 0.6) is 0 Å². The Labute approximate surface area is 130 Å². The first kappa shape index (κ1) is 16.9. The summed E-state index contributed by atoms with van der Waals surface area (Å²) in [4.78, 5) is 15.3. The van der Waals surface area contributed by atoms with E-state index in [1.807, 2.05) is 0 Å². The second kappa shape index (κ2) is 6.72. The molecule has 2 heterocycles. The summed E-state index contributed by atoms with van der Waals surface area (Å²) in [6, 6.07) is 3.05. The van der Waals surface area contributed by atoms with E-state index in [2.05, 4.69) is 10.3 Å². The van der Waals surface area contributed by atoms with Gasteiger partial charge in [-0.25, -0.2) is 8.42 Å². The fraction of sp³-hybridized carbons (Fsp3) is 0.571. The molecule has 1 aliphatic heterocycles. The summed E-state index contributed by atoms with van der Waals surface area (Å²) in [5, 5.41) is 13.1. The van der Waals surface area contributed by atoms with Crippen LogP contribution >= 0.6 is 0 Å². The Kier molecular flexibility index (Phi) is 5.15. The van der Waals surface area contributed by atoms with E-state index >= 15 is 0 Å². The molecule has 0 saturated carbocycles. The zero-order chi connectivity index (χ0) is 16.2. The summed E-state index contributed by atoms with van der Waals surface area (Å²) in [6.07, 6.45) is 4.27. The molecule has 0 unspecified atom stereocenters. The molecule has 0 radical (unpaired) electrons. The molecule has 0 spiro atoms. The number of carbonyl (C=O) groups excluding carboxylic acids is 1. The smallest absolute Gasteiger partial charge is 0.244 e. The first-order valence-electron chi connectivity index (χ1n) is 7.20. The van der Waals surface area contributed by atoms with Gasteiger partial charge in [0.05, 0.1) is 5.60 Å². The molecule has 1 aromatic rings. The Hall–Kier alpha value is -1.51. The molecule has 1 aliphatic rings. The first-order chi connectivity index (χ1) is 10.4. The van der Waals surface area contributed by atoms with Gasteiger partial charge in [-0.15, -0.1) is 0 Å². The van der Waals surface area contributed by atoms with Gasteiger partial charge in [0.15, 0.2) is 0 Å². The maximum absolute atomic E-state index is 12.6. The highest BCUT2D eigenvalue weighted by Crippen LogP contribution is 2.29. The Morgan fingerprint density at radius 3 is 2.95 bits per heavy atom. The summed E-state index contributed by atoms with van der Waals surface area (Å²) in [5.74, 6) is -0.166. The standard InChI is InChI=1S/C14H21N3O4S/c1-15-13(18)5-7-14(19)6-3-9-17(11-14)22(20,21)12-4-2-8-16-10-12/h2,4,8,10,19H,3,5-7,9,11H2,1H3,(H,15,18)/t14-/m0/s1. The lowest BCUT2D eigenvalue weighted by Crippen LogP contribution is -2.50. The van der Waals surface area contributed by atoms with Gasteiger partial charge in [0.2, 0.25) is 15.9 Å². The minimum Gasteiger partial charge on any atom is -0.388 e. The van der Waals surface area contributed by atoms with Crippen molar-refractivity contribution in [2.45, 2.75) is 36.2 Å². The van der Waals surface area contributed by atoms with Gasteiger partial charge in [0, 0.05) is 39.0 Å². The third-order valence-corrected chi connectivity index (χ3v) is 5.72. The van der Waals surface area contributed by atoms with Crippen molar-refractivity contribution in [3.8, 4) is 0 Å². The number of piperidine rings is 1. The lowest BCUT2D eigenvalue weighted by atomic mass is 9.89. The number of nitrogens with zero attached hydrogens (tertiary/aromatic N) is 2. The molecule has 1 fully saturated rings. The number of carbonyl (C=O) groups is 1. The maximum atomic E-state index is 12.6. The quantitative estimate of drug-likeness (QED) is 0.800. The Morgan fingerprint density at radius 2 is 2.32 bits per heavy atom. The lowest BCUT2D eigenvalue weighted by Gasteiger charge is -2.38. The largest absolute Gasteiger partial charge is 0.388 e. The van der Waals surface area contributed by atoms with Gasteiger partial charge in [-0.1, -0.05) is 0 Å². The third-order valence-electron chi connectivity index (χ3n) is 3.89. The molecule has 22 heavy (non-hydrogen) atoms. The van der Waals surface area contributed by atoms with Crippen LogP contribution in [0.25, 0.3) is 0 Å². The second-order valence-corrected chi connectivity index (χ2v) is 7.47. The number of pyridine rings is 1. The number of hydrogen-bond donors (Lipinski definition) is 2. The average molecular weight is 327 g/mol. The molecule has 7 nitrogen and oxygen atoms in total. The number of sulfonamides is 1. The van der Waals surface area contributed by atoms with Crippen molar-refractivity contribution in [1.82, 2.24) is 14.6 Å². The van der Waals surface area contributed by atoms with Gasteiger partial charge < -0.3 is 10.4 Å². The zero-order valence-electron chi connectivity index (χ0n) is 12.5. The molecule has 1 saturated heterocycles. The van der Waals surface area contributed by atoms with E-state index in [1.54, 1.807) is 6.07 Å². The molecular weight excluding hydrogens is 306 g/mol. The molecule has 2 N–H and O–H groups in total. The average Bonchev–Trinajstić information content (AvgIpc) is 2.53. The molecule has 1 amide bonds. The predicted octanol–water partition coefficient (Wildman–Crippen LogP) is 0.123. The number of aliphatic hydroxyl groups is 1. The summed E-state index contributed by atoms with van der Waals surface area (Å²) >= 11 is 0. The van der Waals surface area contributed by atoms with Crippen molar-refractivity contribution >= 4 is 15.9 Å². The van der Waals surface area contributed by atoms with Crippen molar-refractivity contribution in [2.75, 3.05) is 20.1 Å². The van der Waals surface area contributed by atoms with Crippen molar-refractivity contribution in [3.05, 3.63) is 24.5 Å². The van der Waals surface area contributed by atoms with Crippen LogP contribution in [0, 0.1) is 0 Å².